The minimum absolute atomic E-state index is 0.148. The van der Waals surface area contributed by atoms with Crippen LogP contribution in [-0.4, -0.2) is 16.1 Å². The molecule has 0 fully saturated rings. The minimum Gasteiger partial charge on any atom is -0.348 e. The van der Waals surface area contributed by atoms with E-state index in [9.17, 15) is 4.79 Å². The predicted octanol–water partition coefficient (Wildman–Crippen LogP) is 0.798. The van der Waals surface area contributed by atoms with Crippen molar-refractivity contribution in [1.29, 1.82) is 0 Å². The van der Waals surface area contributed by atoms with Crippen LogP contribution in [0.1, 0.15) is 21.5 Å². The summed E-state index contributed by atoms with van der Waals surface area (Å²) in [5.41, 5.74) is 8.22. The van der Waals surface area contributed by atoms with Crippen LogP contribution in [0.2, 0.25) is 0 Å². The maximum Gasteiger partial charge on any atom is 0.254 e. The molecule has 0 saturated heterocycles. The zero-order valence-electron chi connectivity index (χ0n) is 9.31. The van der Waals surface area contributed by atoms with Gasteiger partial charge in [-0.05, 0) is 11.1 Å². The molecule has 0 aliphatic rings. The largest absolute Gasteiger partial charge is 0.348 e. The lowest BCUT2D eigenvalue weighted by Crippen LogP contribution is -2.23. The predicted molar refractivity (Wildman–Crippen MR) is 64.1 cm³/mol. The topological polar surface area (TPSA) is 83.8 Å². The number of hydrogen-bond acceptors (Lipinski definition) is 3. The summed E-state index contributed by atoms with van der Waals surface area (Å²) in [6.07, 6.45) is 3.05. The highest BCUT2D eigenvalue weighted by Gasteiger charge is 2.07. The summed E-state index contributed by atoms with van der Waals surface area (Å²) in [5, 5.41) is 9.15. The SMILES string of the molecule is NCc1ccccc1CNC(=O)c1cn[nH]c1. The Morgan fingerprint density at radius 3 is 2.76 bits per heavy atom. The second kappa shape index (κ2) is 5.27. The van der Waals surface area contributed by atoms with E-state index in [1.165, 1.54) is 6.20 Å². The van der Waals surface area contributed by atoms with Crippen LogP contribution < -0.4 is 11.1 Å². The number of aromatic amines is 1. The third kappa shape index (κ3) is 2.70. The fourth-order valence-electron chi connectivity index (χ4n) is 1.58. The van der Waals surface area contributed by atoms with Crippen molar-refractivity contribution >= 4 is 5.91 Å². The molecule has 1 aromatic carbocycles. The Bertz CT molecular complexity index is 493. The summed E-state index contributed by atoms with van der Waals surface area (Å²) in [5.74, 6) is -0.148. The van der Waals surface area contributed by atoms with Crippen molar-refractivity contribution in [2.75, 3.05) is 0 Å². The number of hydrogen-bond donors (Lipinski definition) is 3. The monoisotopic (exact) mass is 230 g/mol. The van der Waals surface area contributed by atoms with Gasteiger partial charge in [0.05, 0.1) is 11.8 Å². The zero-order valence-corrected chi connectivity index (χ0v) is 9.31. The molecule has 0 saturated carbocycles. The third-order valence-electron chi connectivity index (χ3n) is 2.54. The van der Waals surface area contributed by atoms with Gasteiger partial charge in [-0.15, -0.1) is 0 Å². The number of nitrogens with zero attached hydrogens (tertiary/aromatic N) is 1. The molecule has 17 heavy (non-hydrogen) atoms. The molecule has 2 rings (SSSR count). The molecule has 0 unspecified atom stereocenters. The van der Waals surface area contributed by atoms with E-state index in [4.69, 9.17) is 5.73 Å². The van der Waals surface area contributed by atoms with E-state index in [0.29, 0.717) is 18.7 Å². The Morgan fingerprint density at radius 2 is 2.12 bits per heavy atom. The van der Waals surface area contributed by atoms with Crippen molar-refractivity contribution < 1.29 is 4.79 Å². The molecule has 0 aliphatic carbocycles. The van der Waals surface area contributed by atoms with Crippen LogP contribution >= 0.6 is 0 Å². The first-order valence-corrected chi connectivity index (χ1v) is 5.35. The molecule has 88 valence electrons. The normalized spacial score (nSPS) is 10.2. The van der Waals surface area contributed by atoms with Gasteiger partial charge in [-0.25, -0.2) is 0 Å². The van der Waals surface area contributed by atoms with Crippen molar-refractivity contribution in [3.05, 3.63) is 53.3 Å². The van der Waals surface area contributed by atoms with Crippen LogP contribution in [0, 0.1) is 0 Å². The highest BCUT2D eigenvalue weighted by Crippen LogP contribution is 2.07. The number of carbonyl (C=O) groups is 1. The smallest absolute Gasteiger partial charge is 0.254 e. The lowest BCUT2D eigenvalue weighted by molar-refractivity contribution is 0.0951. The lowest BCUT2D eigenvalue weighted by Gasteiger charge is -2.08. The summed E-state index contributed by atoms with van der Waals surface area (Å²) in [4.78, 5) is 11.7. The van der Waals surface area contributed by atoms with Crippen LogP contribution in [0.25, 0.3) is 0 Å². The molecule has 1 amide bonds. The molecule has 1 heterocycles. The molecule has 0 radical (unpaired) electrons. The third-order valence-corrected chi connectivity index (χ3v) is 2.54. The van der Waals surface area contributed by atoms with E-state index < -0.39 is 0 Å². The molecule has 0 spiro atoms. The highest BCUT2D eigenvalue weighted by atomic mass is 16.1. The molecule has 1 aromatic heterocycles. The summed E-state index contributed by atoms with van der Waals surface area (Å²) >= 11 is 0. The van der Waals surface area contributed by atoms with Crippen molar-refractivity contribution in [1.82, 2.24) is 15.5 Å². The van der Waals surface area contributed by atoms with Crippen LogP contribution in [-0.2, 0) is 13.1 Å². The van der Waals surface area contributed by atoms with E-state index in [2.05, 4.69) is 15.5 Å². The first-order valence-electron chi connectivity index (χ1n) is 5.35. The average molecular weight is 230 g/mol. The Labute approximate surface area is 99.0 Å². The molecule has 5 nitrogen and oxygen atoms in total. The zero-order chi connectivity index (χ0) is 12.1. The average Bonchev–Trinajstić information content (AvgIpc) is 2.90. The number of aromatic nitrogens is 2. The van der Waals surface area contributed by atoms with Gasteiger partial charge in [0, 0.05) is 19.3 Å². The number of nitrogens with two attached hydrogens (primary N) is 1. The Hall–Kier alpha value is -2.14. The van der Waals surface area contributed by atoms with Gasteiger partial charge in [0.15, 0.2) is 0 Å². The fraction of sp³-hybridized carbons (Fsp3) is 0.167. The van der Waals surface area contributed by atoms with Crippen molar-refractivity contribution in [3.8, 4) is 0 Å². The quantitative estimate of drug-likeness (QED) is 0.726. The van der Waals surface area contributed by atoms with Crippen LogP contribution in [0.4, 0.5) is 0 Å². The van der Waals surface area contributed by atoms with E-state index in [0.717, 1.165) is 11.1 Å². The van der Waals surface area contributed by atoms with Crippen LogP contribution in [0.5, 0.6) is 0 Å². The summed E-state index contributed by atoms with van der Waals surface area (Å²) < 4.78 is 0. The van der Waals surface area contributed by atoms with Crippen LogP contribution in [0.3, 0.4) is 0 Å². The fourth-order valence-corrected chi connectivity index (χ4v) is 1.58. The summed E-state index contributed by atoms with van der Waals surface area (Å²) in [6, 6.07) is 7.78. The maximum absolute atomic E-state index is 11.7. The van der Waals surface area contributed by atoms with Gasteiger partial charge < -0.3 is 11.1 Å². The molecule has 4 N–H and O–H groups in total. The van der Waals surface area contributed by atoms with E-state index in [1.807, 2.05) is 24.3 Å². The molecule has 0 atom stereocenters. The molecular formula is C12H14N4O. The van der Waals surface area contributed by atoms with Gasteiger partial charge in [0.2, 0.25) is 0 Å². The number of rotatable bonds is 4. The minimum atomic E-state index is -0.148. The number of H-pyrrole nitrogens is 1. The second-order valence-corrected chi connectivity index (χ2v) is 3.64. The first kappa shape index (κ1) is 11.3. The van der Waals surface area contributed by atoms with E-state index in [1.54, 1.807) is 6.20 Å². The van der Waals surface area contributed by atoms with Crippen molar-refractivity contribution in [2.24, 2.45) is 5.73 Å². The van der Waals surface area contributed by atoms with E-state index in [-0.39, 0.29) is 5.91 Å². The number of nitrogens with one attached hydrogen (secondary N) is 2. The Kier molecular flexibility index (Phi) is 3.52. The molecule has 2 aromatic rings. The summed E-state index contributed by atoms with van der Waals surface area (Å²) in [7, 11) is 0. The Morgan fingerprint density at radius 1 is 1.35 bits per heavy atom. The number of amides is 1. The van der Waals surface area contributed by atoms with Crippen LogP contribution in [0.15, 0.2) is 36.7 Å². The molecule has 5 heteroatoms. The van der Waals surface area contributed by atoms with Gasteiger partial charge in [-0.1, -0.05) is 24.3 Å². The lowest BCUT2D eigenvalue weighted by atomic mass is 10.1. The molecular weight excluding hydrogens is 216 g/mol. The standard InChI is InChI=1S/C12H14N4O/c13-5-9-3-1-2-4-10(9)6-14-12(17)11-7-15-16-8-11/h1-4,7-8H,5-6,13H2,(H,14,17)(H,15,16). The van der Waals surface area contributed by atoms with Gasteiger partial charge in [-0.3, -0.25) is 9.89 Å². The van der Waals surface area contributed by atoms with Gasteiger partial charge >= 0.3 is 0 Å². The first-order chi connectivity index (χ1) is 8.31. The molecule has 0 bridgehead atoms. The number of carbonyl (C=O) groups excluding carboxylic acids is 1. The van der Waals surface area contributed by atoms with Crippen molar-refractivity contribution in [2.45, 2.75) is 13.1 Å². The van der Waals surface area contributed by atoms with E-state index >= 15 is 0 Å². The summed E-state index contributed by atoms with van der Waals surface area (Å²) in [6.45, 7) is 0.940. The maximum atomic E-state index is 11.7. The van der Waals surface area contributed by atoms with Crippen molar-refractivity contribution in [3.63, 3.8) is 0 Å². The molecule has 0 aliphatic heterocycles. The Balaban J connectivity index is 2.00. The second-order valence-electron chi connectivity index (χ2n) is 3.64. The van der Waals surface area contributed by atoms with Gasteiger partial charge in [-0.2, -0.15) is 5.10 Å². The highest BCUT2D eigenvalue weighted by molar-refractivity contribution is 5.93. The van der Waals surface area contributed by atoms with Gasteiger partial charge in [0.1, 0.15) is 0 Å². The van der Waals surface area contributed by atoms with Gasteiger partial charge in [0.25, 0.3) is 5.91 Å². The number of benzene rings is 1.